The Morgan fingerprint density at radius 2 is 1.71 bits per heavy atom. The van der Waals surface area contributed by atoms with Gasteiger partial charge in [0.05, 0.1) is 0 Å². The average molecular weight is 679 g/mol. The molecule has 41 heavy (non-hydrogen) atoms. The number of ether oxygens (including phenoxy) is 2. The molecule has 2 aliphatic heterocycles. The van der Waals surface area contributed by atoms with Crippen LogP contribution in [0.2, 0.25) is 3.43 Å². The van der Waals surface area contributed by atoms with Gasteiger partial charge >= 0.3 is 257 Å². The molecule has 0 unspecified atom stereocenters. The molecule has 0 amide bonds. The van der Waals surface area contributed by atoms with Crippen LogP contribution in [-0.4, -0.2) is 78.0 Å². The third kappa shape index (κ3) is 8.01. The minimum atomic E-state index is -1.43. The fraction of sp³-hybridized carbons (Fsp3) is 0.781. The van der Waals surface area contributed by atoms with Crippen molar-refractivity contribution in [1.82, 2.24) is 19.9 Å². The number of unbranched alkanes of at least 4 members (excludes halogenated alkanes) is 3. The van der Waals surface area contributed by atoms with Crippen molar-refractivity contribution in [3.8, 4) is 11.9 Å². The van der Waals surface area contributed by atoms with Crippen LogP contribution in [-0.2, 0) is 0 Å². The average Bonchev–Trinajstić information content (AvgIpc) is 3.45. The van der Waals surface area contributed by atoms with Gasteiger partial charge in [0.1, 0.15) is 0 Å². The molecule has 0 aliphatic carbocycles. The summed E-state index contributed by atoms with van der Waals surface area (Å²) >= 11 is -1.43. The number of rotatable bonds is 15. The van der Waals surface area contributed by atoms with E-state index in [9.17, 15) is 4.39 Å². The number of hydrogen-bond acceptors (Lipinski definition) is 6. The van der Waals surface area contributed by atoms with E-state index in [0.717, 1.165) is 57.9 Å². The quantitative estimate of drug-likeness (QED) is 0.184. The predicted octanol–water partition coefficient (Wildman–Crippen LogP) is 7.36. The van der Waals surface area contributed by atoms with Crippen molar-refractivity contribution < 1.29 is 18.3 Å². The van der Waals surface area contributed by atoms with Crippen molar-refractivity contribution in [2.45, 2.75) is 139 Å². The maximum atomic E-state index is 16.5. The van der Waals surface area contributed by atoms with E-state index in [-0.39, 0.29) is 38.8 Å². The molecular weight excluding hydrogens is 629 g/mol. The third-order valence-corrected chi connectivity index (χ3v) is 14.0. The van der Waals surface area contributed by atoms with Crippen molar-refractivity contribution in [3.05, 3.63) is 12.0 Å². The first kappa shape index (κ1) is 32.6. The van der Waals surface area contributed by atoms with E-state index < -0.39 is 32.9 Å². The molecule has 0 saturated carbocycles. The van der Waals surface area contributed by atoms with Crippen molar-refractivity contribution >= 4 is 35.8 Å². The monoisotopic (exact) mass is 680 g/mol. The Kier molecular flexibility index (Phi) is 11.1. The summed E-state index contributed by atoms with van der Waals surface area (Å²) in [5.74, 6) is -0.0510. The zero-order valence-corrected chi connectivity index (χ0v) is 29.0. The Bertz CT molecular complexity index is 1140. The molecule has 2 aromatic heterocycles. The second kappa shape index (κ2) is 14.0. The van der Waals surface area contributed by atoms with Gasteiger partial charge in [-0.15, -0.1) is 0 Å². The van der Waals surface area contributed by atoms with Crippen LogP contribution in [0.1, 0.15) is 119 Å². The molecular formula is C32H50F2N4O2Sn. The van der Waals surface area contributed by atoms with Crippen molar-refractivity contribution in [3.63, 3.8) is 0 Å². The molecule has 4 heterocycles. The maximum absolute atomic E-state index is 16.5. The molecule has 228 valence electrons. The molecule has 0 N–H and O–H groups in total. The van der Waals surface area contributed by atoms with Crippen LogP contribution in [0.5, 0.6) is 11.9 Å². The summed E-state index contributed by atoms with van der Waals surface area (Å²) in [4.78, 5) is 16.1. The second-order valence-electron chi connectivity index (χ2n) is 13.3. The van der Waals surface area contributed by atoms with Gasteiger partial charge in [-0.2, -0.15) is 0 Å². The van der Waals surface area contributed by atoms with E-state index in [2.05, 4.69) is 35.6 Å². The minimum absolute atomic E-state index is 0.0935. The third-order valence-electron chi connectivity index (χ3n) is 8.67. The van der Waals surface area contributed by atoms with Gasteiger partial charge in [-0.05, 0) is 0 Å². The van der Waals surface area contributed by atoms with Gasteiger partial charge in [0, 0.05) is 0 Å². The Labute approximate surface area is 256 Å². The predicted molar refractivity (Wildman–Crippen MR) is 163 cm³/mol. The fourth-order valence-electron chi connectivity index (χ4n) is 6.54. The van der Waals surface area contributed by atoms with E-state index in [4.69, 9.17) is 14.5 Å². The van der Waals surface area contributed by atoms with Gasteiger partial charge < -0.3 is 0 Å². The van der Waals surface area contributed by atoms with E-state index in [1.165, 1.54) is 19.3 Å². The number of pyridine rings is 1. The standard InChI is InChI=1S/C19H23F2N4O2.C13H27.Sn/c1-18(2,3)27-16-13-8-22-9-14(21)15(13)23-17(24-16)26-11-19-5-4-6-25(19)10-12(20)7-19;1-4-7-10-13(11-8-5-2)12-9-6-3;/h8,12H,4-7,10-11H2,1-3H3;4-12H2,1-3H3;/t12-,19+;;/m1../s1. The number of hydrogen-bond donors (Lipinski definition) is 0. The zero-order chi connectivity index (χ0) is 29.7. The molecule has 4 rings (SSSR count). The normalized spacial score (nSPS) is 21.5. The molecule has 6 nitrogen and oxygen atoms in total. The van der Waals surface area contributed by atoms with E-state index in [1.807, 2.05) is 20.8 Å². The van der Waals surface area contributed by atoms with Crippen LogP contribution < -0.4 is 13.2 Å². The van der Waals surface area contributed by atoms with Crippen LogP contribution in [0.15, 0.2) is 6.20 Å². The van der Waals surface area contributed by atoms with Crippen LogP contribution in [0, 0.1) is 5.82 Å². The van der Waals surface area contributed by atoms with E-state index in [1.54, 1.807) is 6.20 Å². The molecule has 2 aliphatic rings. The summed E-state index contributed by atoms with van der Waals surface area (Å²) in [6.07, 6.45) is 13.7. The van der Waals surface area contributed by atoms with Gasteiger partial charge in [0.15, 0.2) is 0 Å². The molecule has 0 bridgehead atoms. The Morgan fingerprint density at radius 3 is 2.32 bits per heavy atom. The molecule has 0 spiro atoms. The molecule has 2 radical (unpaired) electrons. The van der Waals surface area contributed by atoms with Gasteiger partial charge in [-0.3, -0.25) is 0 Å². The fourth-order valence-corrected chi connectivity index (χ4v) is 11.6. The summed E-state index contributed by atoms with van der Waals surface area (Å²) in [6.45, 7) is 14.2. The number of nitrogens with zero attached hydrogens (tertiary/aromatic N) is 4. The first-order valence-electron chi connectivity index (χ1n) is 15.9. The van der Waals surface area contributed by atoms with Crippen molar-refractivity contribution in [2.24, 2.45) is 0 Å². The SMILES string of the molecule is CCCC[C](CCCC)(CCCC)[Sn][c]1ncc2c(OC(C)(C)C)nc(OC[C@@]34CCCN3C[C@H](F)C4)nc2c1F. The van der Waals surface area contributed by atoms with E-state index in [0.29, 0.717) is 22.1 Å². The summed E-state index contributed by atoms with van der Waals surface area (Å²) in [7, 11) is 0. The Balaban J connectivity index is 1.70. The molecule has 9 heteroatoms. The summed E-state index contributed by atoms with van der Waals surface area (Å²) in [5, 5.41) is 0.472. The molecule has 2 fully saturated rings. The van der Waals surface area contributed by atoms with Crippen LogP contribution in [0.4, 0.5) is 8.78 Å². The van der Waals surface area contributed by atoms with Crippen molar-refractivity contribution in [1.29, 1.82) is 0 Å². The first-order chi connectivity index (χ1) is 19.5. The first-order valence-corrected chi connectivity index (χ1v) is 18.7. The molecule has 0 aromatic carbocycles. The Morgan fingerprint density at radius 1 is 1.05 bits per heavy atom. The summed E-state index contributed by atoms with van der Waals surface area (Å²) in [5.41, 5.74) is -0.657. The zero-order valence-electron chi connectivity index (χ0n) is 26.1. The number of alkyl halides is 1. The van der Waals surface area contributed by atoms with Crippen LogP contribution in [0.25, 0.3) is 10.9 Å². The number of fused-ring (bicyclic) bond motifs is 2. The number of aromatic nitrogens is 3. The van der Waals surface area contributed by atoms with Gasteiger partial charge in [-0.25, -0.2) is 0 Å². The van der Waals surface area contributed by atoms with Crippen LogP contribution >= 0.6 is 0 Å². The molecule has 2 saturated heterocycles. The van der Waals surface area contributed by atoms with Gasteiger partial charge in [0.2, 0.25) is 0 Å². The van der Waals surface area contributed by atoms with E-state index >= 15 is 4.39 Å². The Hall–Kier alpha value is -1.29. The summed E-state index contributed by atoms with van der Waals surface area (Å²) in [6, 6.07) is 0.0935. The number of halogens is 2. The van der Waals surface area contributed by atoms with Crippen LogP contribution in [0.3, 0.4) is 0 Å². The van der Waals surface area contributed by atoms with Gasteiger partial charge in [0.25, 0.3) is 0 Å². The van der Waals surface area contributed by atoms with Crippen molar-refractivity contribution in [2.75, 3.05) is 19.7 Å². The molecule has 2 atom stereocenters. The molecule has 2 aromatic rings. The van der Waals surface area contributed by atoms with Gasteiger partial charge in [-0.1, -0.05) is 0 Å². The summed E-state index contributed by atoms with van der Waals surface area (Å²) < 4.78 is 44.0. The second-order valence-corrected chi connectivity index (χ2v) is 18.4. The topological polar surface area (TPSA) is 60.4 Å².